The molecule has 0 saturated heterocycles. The maximum absolute atomic E-state index is 8.47. The summed E-state index contributed by atoms with van der Waals surface area (Å²) in [6.45, 7) is 6.58. The minimum atomic E-state index is 0.368. The van der Waals surface area contributed by atoms with Gasteiger partial charge in [0.05, 0.1) is 5.56 Å². The van der Waals surface area contributed by atoms with E-state index in [1.807, 2.05) is 17.7 Å². The highest BCUT2D eigenvalue weighted by Crippen LogP contribution is 2.35. The van der Waals surface area contributed by atoms with Gasteiger partial charge < -0.3 is 9.83 Å². The molecule has 3 aromatic rings. The molecule has 2 unspecified atom stereocenters. The highest BCUT2D eigenvalue weighted by Gasteiger charge is 2.25. The molecule has 29 heavy (non-hydrogen) atoms. The van der Waals surface area contributed by atoms with Gasteiger partial charge in [0.25, 0.3) is 0 Å². The first kappa shape index (κ1) is 20.0. The van der Waals surface area contributed by atoms with Crippen LogP contribution in [-0.2, 0) is 0 Å². The van der Waals surface area contributed by atoms with Gasteiger partial charge in [-0.3, -0.25) is 0 Å². The van der Waals surface area contributed by atoms with Crippen molar-refractivity contribution in [3.8, 4) is 10.6 Å². The minimum Gasteiger partial charge on any atom is -0.436 e. The van der Waals surface area contributed by atoms with E-state index >= 15 is 0 Å². The summed E-state index contributed by atoms with van der Waals surface area (Å²) in [5, 5.41) is 11.4. The quantitative estimate of drug-likeness (QED) is 0.465. The van der Waals surface area contributed by atoms with Crippen molar-refractivity contribution in [2.24, 2.45) is 11.8 Å². The Bertz CT molecular complexity index is 1020. The van der Waals surface area contributed by atoms with Gasteiger partial charge in [0.15, 0.2) is 5.58 Å². The van der Waals surface area contributed by atoms with E-state index in [1.54, 1.807) is 11.3 Å². The number of nitrogens with zero attached hydrogens (tertiary/aromatic N) is 2. The van der Waals surface area contributed by atoms with Crippen molar-refractivity contribution in [3.05, 3.63) is 41.2 Å². The monoisotopic (exact) mass is 407 g/mol. The van der Waals surface area contributed by atoms with E-state index in [0.29, 0.717) is 23.6 Å². The summed E-state index contributed by atoms with van der Waals surface area (Å²) in [4.78, 5) is 9.21. The van der Waals surface area contributed by atoms with Crippen LogP contribution in [0.1, 0.15) is 70.2 Å². The number of aromatic nitrogens is 2. The van der Waals surface area contributed by atoms with Gasteiger partial charge in [0, 0.05) is 23.2 Å². The molecule has 0 spiro atoms. The van der Waals surface area contributed by atoms with E-state index in [0.717, 1.165) is 46.6 Å². The van der Waals surface area contributed by atoms with Gasteiger partial charge >= 0.3 is 0 Å². The summed E-state index contributed by atoms with van der Waals surface area (Å²) in [6, 6.07) is 4.30. The number of rotatable bonds is 6. The first-order valence-corrected chi connectivity index (χ1v) is 11.5. The third kappa shape index (κ3) is 4.20. The molecule has 1 N–H and O–H groups in total. The first-order chi connectivity index (χ1) is 14.1. The Balaban J connectivity index is 1.59. The largest absolute Gasteiger partial charge is 0.436 e. The SMILES string of the molecule is CCC1CCCC(C/C=C/c2nc3cc(C(C)C)cc(-c4nccs4)c3o2)C1=N. The fraction of sp³-hybridized carbons (Fsp3) is 0.458. The molecule has 1 aliphatic carbocycles. The summed E-state index contributed by atoms with van der Waals surface area (Å²) in [6.07, 6.45) is 11.5. The van der Waals surface area contributed by atoms with Crippen LogP contribution in [0.2, 0.25) is 0 Å². The zero-order valence-corrected chi connectivity index (χ0v) is 18.3. The Morgan fingerprint density at radius 2 is 2.10 bits per heavy atom. The van der Waals surface area contributed by atoms with Crippen LogP contribution in [0.25, 0.3) is 27.7 Å². The highest BCUT2D eigenvalue weighted by molar-refractivity contribution is 7.13. The lowest BCUT2D eigenvalue weighted by Crippen LogP contribution is -2.27. The second kappa shape index (κ2) is 8.62. The predicted octanol–water partition coefficient (Wildman–Crippen LogP) is 7.32. The summed E-state index contributed by atoms with van der Waals surface area (Å²) in [5.74, 6) is 1.89. The number of hydrogen-bond donors (Lipinski definition) is 1. The number of fused-ring (bicyclic) bond motifs is 1. The predicted molar refractivity (Wildman–Crippen MR) is 122 cm³/mol. The van der Waals surface area contributed by atoms with Crippen LogP contribution < -0.4 is 0 Å². The van der Waals surface area contributed by atoms with E-state index < -0.39 is 0 Å². The second-order valence-corrected chi connectivity index (χ2v) is 9.18. The fourth-order valence-corrected chi connectivity index (χ4v) is 4.90. The Morgan fingerprint density at radius 1 is 1.28 bits per heavy atom. The third-order valence-corrected chi connectivity index (χ3v) is 6.82. The molecule has 1 aromatic carbocycles. The van der Waals surface area contributed by atoms with Crippen LogP contribution in [0, 0.1) is 17.2 Å². The molecule has 2 aromatic heterocycles. The molecule has 1 saturated carbocycles. The zero-order chi connectivity index (χ0) is 20.4. The fourth-order valence-electron chi connectivity index (χ4n) is 4.25. The van der Waals surface area contributed by atoms with Gasteiger partial charge in [-0.2, -0.15) is 0 Å². The van der Waals surface area contributed by atoms with Crippen LogP contribution >= 0.6 is 11.3 Å². The maximum atomic E-state index is 8.47. The molecule has 2 heterocycles. The molecule has 152 valence electrons. The lowest BCUT2D eigenvalue weighted by atomic mass is 9.77. The minimum absolute atomic E-state index is 0.368. The van der Waals surface area contributed by atoms with E-state index in [2.05, 4.69) is 44.0 Å². The van der Waals surface area contributed by atoms with Crippen molar-refractivity contribution in [3.63, 3.8) is 0 Å². The zero-order valence-electron chi connectivity index (χ0n) is 17.4. The Morgan fingerprint density at radius 3 is 2.83 bits per heavy atom. The molecule has 4 nitrogen and oxygen atoms in total. The number of hydrogen-bond acceptors (Lipinski definition) is 5. The topological polar surface area (TPSA) is 62.8 Å². The molecular formula is C24H29N3OS. The molecule has 0 aliphatic heterocycles. The third-order valence-electron chi connectivity index (χ3n) is 6.02. The summed E-state index contributed by atoms with van der Waals surface area (Å²) in [7, 11) is 0. The number of benzene rings is 1. The lowest BCUT2D eigenvalue weighted by Gasteiger charge is -2.29. The van der Waals surface area contributed by atoms with Crippen LogP contribution in [0.4, 0.5) is 0 Å². The standard InChI is InChI=1S/C24H29N3OS/c1-4-16-7-5-8-17(22(16)25)9-6-10-21-27-20-14-18(15(2)3)13-19(23(20)28-21)24-26-11-12-29-24/h6,10-17,25H,4-5,7-9H2,1-3H3/b10-6+,25-22?. The van der Waals surface area contributed by atoms with Gasteiger partial charge in [-0.1, -0.05) is 33.3 Å². The molecule has 0 bridgehead atoms. The number of thiazole rings is 1. The molecule has 0 radical (unpaired) electrons. The molecule has 4 rings (SSSR count). The Kier molecular flexibility index (Phi) is 5.95. The van der Waals surface area contributed by atoms with E-state index in [1.165, 1.54) is 18.4 Å². The second-order valence-electron chi connectivity index (χ2n) is 8.29. The van der Waals surface area contributed by atoms with Gasteiger partial charge in [-0.15, -0.1) is 11.3 Å². The van der Waals surface area contributed by atoms with E-state index in [-0.39, 0.29) is 0 Å². The summed E-state index contributed by atoms with van der Waals surface area (Å²) in [5.41, 5.74) is 4.90. The van der Waals surface area contributed by atoms with Gasteiger partial charge in [-0.25, -0.2) is 9.97 Å². The molecule has 2 atom stereocenters. The summed E-state index contributed by atoms with van der Waals surface area (Å²) >= 11 is 1.62. The van der Waals surface area contributed by atoms with Crippen LogP contribution in [0.5, 0.6) is 0 Å². The Labute approximate surface area is 176 Å². The van der Waals surface area contributed by atoms with Gasteiger partial charge in [0.1, 0.15) is 10.5 Å². The van der Waals surface area contributed by atoms with Crippen molar-refractivity contribution in [1.29, 1.82) is 5.41 Å². The van der Waals surface area contributed by atoms with Crippen LogP contribution in [0.15, 0.2) is 34.2 Å². The van der Waals surface area contributed by atoms with E-state index in [9.17, 15) is 0 Å². The number of oxazole rings is 1. The number of nitrogens with one attached hydrogen (secondary N) is 1. The van der Waals surface area contributed by atoms with Crippen LogP contribution in [-0.4, -0.2) is 15.7 Å². The smallest absolute Gasteiger partial charge is 0.219 e. The van der Waals surface area contributed by atoms with Gasteiger partial charge in [0.2, 0.25) is 5.89 Å². The van der Waals surface area contributed by atoms with Crippen molar-refractivity contribution in [2.45, 2.75) is 58.8 Å². The Hall–Kier alpha value is -2.27. The van der Waals surface area contributed by atoms with Gasteiger partial charge in [-0.05, 0) is 61.3 Å². The average Bonchev–Trinajstić information content (AvgIpc) is 3.38. The van der Waals surface area contributed by atoms with Crippen molar-refractivity contribution in [2.75, 3.05) is 0 Å². The van der Waals surface area contributed by atoms with Crippen molar-refractivity contribution in [1.82, 2.24) is 9.97 Å². The van der Waals surface area contributed by atoms with Crippen molar-refractivity contribution >= 4 is 34.2 Å². The molecular weight excluding hydrogens is 378 g/mol. The molecule has 1 fully saturated rings. The molecule has 0 amide bonds. The summed E-state index contributed by atoms with van der Waals surface area (Å²) < 4.78 is 6.13. The van der Waals surface area contributed by atoms with E-state index in [4.69, 9.17) is 14.8 Å². The number of allylic oxidation sites excluding steroid dienone is 1. The molecule has 1 aliphatic rings. The van der Waals surface area contributed by atoms with Crippen molar-refractivity contribution < 1.29 is 4.42 Å². The molecule has 5 heteroatoms. The lowest BCUT2D eigenvalue weighted by molar-refractivity contribution is 0.439. The first-order valence-electron chi connectivity index (χ1n) is 10.7. The highest BCUT2D eigenvalue weighted by atomic mass is 32.1. The average molecular weight is 408 g/mol. The normalized spacial score (nSPS) is 20.3. The maximum Gasteiger partial charge on any atom is 0.219 e. The van der Waals surface area contributed by atoms with Crippen LogP contribution in [0.3, 0.4) is 0 Å².